The second kappa shape index (κ2) is 7.50. The van der Waals surface area contributed by atoms with Gasteiger partial charge in [-0.25, -0.2) is 9.37 Å². The molecule has 6 nitrogen and oxygen atoms in total. The maximum Gasteiger partial charge on any atom is 0.132 e. The first-order valence-electron chi connectivity index (χ1n) is 10.2. The van der Waals surface area contributed by atoms with Crippen LogP contribution in [0.15, 0.2) is 42.9 Å². The van der Waals surface area contributed by atoms with E-state index in [1.165, 1.54) is 6.07 Å². The van der Waals surface area contributed by atoms with E-state index in [0.717, 1.165) is 59.3 Å². The molecule has 1 saturated heterocycles. The van der Waals surface area contributed by atoms with Crippen LogP contribution in [0, 0.1) is 12.7 Å². The Morgan fingerprint density at radius 1 is 1.00 bits per heavy atom. The molecule has 0 aliphatic carbocycles. The highest BCUT2D eigenvalue weighted by molar-refractivity contribution is 5.90. The van der Waals surface area contributed by atoms with Gasteiger partial charge in [0.2, 0.25) is 0 Å². The third-order valence-corrected chi connectivity index (χ3v) is 5.99. The lowest BCUT2D eigenvalue weighted by atomic mass is 9.90. The second-order valence-electron chi connectivity index (χ2n) is 7.86. The average molecular weight is 402 g/mol. The zero-order valence-electron chi connectivity index (χ0n) is 16.7. The van der Waals surface area contributed by atoms with Crippen molar-refractivity contribution >= 4 is 16.6 Å². The number of nitrogens with one attached hydrogen (secondary N) is 2. The minimum Gasteiger partial charge on any atom is -0.383 e. The fourth-order valence-corrected chi connectivity index (χ4v) is 4.27. The van der Waals surface area contributed by atoms with Gasteiger partial charge in [-0.3, -0.25) is 10.1 Å². The van der Waals surface area contributed by atoms with Gasteiger partial charge in [0.25, 0.3) is 0 Å². The van der Waals surface area contributed by atoms with Crippen LogP contribution in [0.1, 0.15) is 30.0 Å². The molecule has 4 N–H and O–H groups in total. The lowest BCUT2D eigenvalue weighted by Gasteiger charge is -2.22. The smallest absolute Gasteiger partial charge is 0.132 e. The van der Waals surface area contributed by atoms with E-state index in [1.54, 1.807) is 18.5 Å². The van der Waals surface area contributed by atoms with Crippen LogP contribution in [0.5, 0.6) is 0 Å². The highest BCUT2D eigenvalue weighted by Gasteiger charge is 2.21. The van der Waals surface area contributed by atoms with Gasteiger partial charge in [-0.2, -0.15) is 5.10 Å². The maximum absolute atomic E-state index is 14.2. The van der Waals surface area contributed by atoms with E-state index in [1.807, 2.05) is 25.3 Å². The highest BCUT2D eigenvalue weighted by atomic mass is 19.1. The fourth-order valence-electron chi connectivity index (χ4n) is 4.27. The first kappa shape index (κ1) is 18.7. The molecule has 7 heteroatoms. The van der Waals surface area contributed by atoms with Gasteiger partial charge in [-0.15, -0.1) is 0 Å². The Hall–Kier alpha value is -3.32. The summed E-state index contributed by atoms with van der Waals surface area (Å²) in [5.74, 6) is 0.556. The fraction of sp³-hybridized carbons (Fsp3) is 0.261. The van der Waals surface area contributed by atoms with E-state index in [4.69, 9.17) is 5.73 Å². The molecule has 0 spiro atoms. The Kier molecular flexibility index (Phi) is 4.67. The minimum atomic E-state index is -0.278. The number of nitrogens with zero attached hydrogens (tertiary/aromatic N) is 3. The molecule has 0 bridgehead atoms. The number of rotatable bonds is 3. The van der Waals surface area contributed by atoms with Crippen molar-refractivity contribution in [2.45, 2.75) is 25.7 Å². The zero-order chi connectivity index (χ0) is 20.7. The van der Waals surface area contributed by atoms with E-state index in [2.05, 4.69) is 25.5 Å². The maximum atomic E-state index is 14.2. The Labute approximate surface area is 173 Å². The van der Waals surface area contributed by atoms with Crippen molar-refractivity contribution in [1.82, 2.24) is 25.5 Å². The molecule has 0 atom stereocenters. The summed E-state index contributed by atoms with van der Waals surface area (Å²) in [6, 6.07) is 7.13. The summed E-state index contributed by atoms with van der Waals surface area (Å²) in [7, 11) is 0. The lowest BCUT2D eigenvalue weighted by Crippen LogP contribution is -2.27. The summed E-state index contributed by atoms with van der Waals surface area (Å²) < 4.78 is 14.2. The van der Waals surface area contributed by atoms with E-state index >= 15 is 0 Å². The Morgan fingerprint density at radius 3 is 2.67 bits per heavy atom. The minimum absolute atomic E-state index is 0.278. The molecule has 1 aromatic carbocycles. The molecule has 0 amide bonds. The zero-order valence-corrected chi connectivity index (χ0v) is 16.7. The summed E-state index contributed by atoms with van der Waals surface area (Å²) >= 11 is 0. The van der Waals surface area contributed by atoms with Crippen molar-refractivity contribution in [3.05, 3.63) is 59.9 Å². The monoisotopic (exact) mass is 402 g/mol. The number of pyridine rings is 2. The van der Waals surface area contributed by atoms with E-state index in [0.29, 0.717) is 22.8 Å². The molecule has 1 aliphatic heterocycles. The second-order valence-corrected chi connectivity index (χ2v) is 7.86. The number of aromatic amines is 1. The molecule has 1 aliphatic rings. The van der Waals surface area contributed by atoms with E-state index in [9.17, 15) is 4.39 Å². The quantitative estimate of drug-likeness (QED) is 0.478. The topological polar surface area (TPSA) is 92.5 Å². The number of H-pyrrole nitrogens is 1. The predicted octanol–water partition coefficient (Wildman–Crippen LogP) is 4.18. The number of halogens is 1. The number of piperidine rings is 1. The predicted molar refractivity (Wildman–Crippen MR) is 117 cm³/mol. The van der Waals surface area contributed by atoms with Gasteiger partial charge in [-0.1, -0.05) is 6.07 Å². The Morgan fingerprint density at radius 2 is 1.83 bits per heavy atom. The first-order chi connectivity index (χ1) is 14.6. The number of hydrogen-bond donors (Lipinski definition) is 3. The van der Waals surface area contributed by atoms with Crippen molar-refractivity contribution in [2.24, 2.45) is 0 Å². The van der Waals surface area contributed by atoms with Crippen LogP contribution in [0.2, 0.25) is 0 Å². The molecule has 5 rings (SSSR count). The number of nitrogen functional groups attached to an aromatic ring is 1. The van der Waals surface area contributed by atoms with Crippen LogP contribution < -0.4 is 11.1 Å². The normalized spacial score (nSPS) is 15.0. The highest BCUT2D eigenvalue weighted by Crippen LogP contribution is 2.35. The summed E-state index contributed by atoms with van der Waals surface area (Å²) in [4.78, 5) is 8.91. The number of benzene rings is 1. The SMILES string of the molecule is Cc1ccc(F)c2cnc(-c3cc(-c4cn[nH]c4C4CCNCC4)cnc3N)cc12. The van der Waals surface area contributed by atoms with E-state index in [-0.39, 0.29) is 5.82 Å². The molecule has 1 fully saturated rings. The number of anilines is 1. The van der Waals surface area contributed by atoms with Crippen molar-refractivity contribution < 1.29 is 4.39 Å². The van der Waals surface area contributed by atoms with Gasteiger partial charge < -0.3 is 11.1 Å². The molecule has 3 aromatic heterocycles. The number of nitrogens with two attached hydrogens (primary N) is 1. The number of aromatic nitrogens is 4. The third kappa shape index (κ3) is 3.21. The number of fused-ring (bicyclic) bond motifs is 1. The van der Waals surface area contributed by atoms with Crippen LogP contribution in [0.3, 0.4) is 0 Å². The van der Waals surface area contributed by atoms with Crippen LogP contribution >= 0.6 is 0 Å². The van der Waals surface area contributed by atoms with Crippen molar-refractivity contribution in [3.63, 3.8) is 0 Å². The molecule has 4 aromatic rings. The van der Waals surface area contributed by atoms with Crippen LogP contribution in [-0.2, 0) is 0 Å². The molecule has 4 heterocycles. The summed E-state index contributed by atoms with van der Waals surface area (Å²) in [6.45, 7) is 3.97. The number of hydrogen-bond acceptors (Lipinski definition) is 5. The lowest BCUT2D eigenvalue weighted by molar-refractivity contribution is 0.453. The van der Waals surface area contributed by atoms with Gasteiger partial charge in [0, 0.05) is 46.1 Å². The molecule has 152 valence electrons. The number of aryl methyl sites for hydroxylation is 1. The standard InChI is InChI=1S/C23H23FN6/c1-13-2-3-20(24)19-11-27-21(9-16(13)19)17-8-15(10-28-23(17)25)18-12-29-30-22(18)14-4-6-26-7-5-14/h2-3,8-12,14,26H,4-7H2,1H3,(H2,25,28)(H,29,30). The van der Waals surface area contributed by atoms with Gasteiger partial charge in [0.15, 0.2) is 0 Å². The van der Waals surface area contributed by atoms with Crippen molar-refractivity contribution in [1.29, 1.82) is 0 Å². The van der Waals surface area contributed by atoms with Gasteiger partial charge in [0.1, 0.15) is 11.6 Å². The van der Waals surface area contributed by atoms with E-state index < -0.39 is 0 Å². The first-order valence-corrected chi connectivity index (χ1v) is 10.2. The summed E-state index contributed by atoms with van der Waals surface area (Å²) in [5, 5.41) is 12.2. The summed E-state index contributed by atoms with van der Waals surface area (Å²) in [6.07, 6.45) is 7.34. The van der Waals surface area contributed by atoms with Crippen LogP contribution in [-0.4, -0.2) is 33.3 Å². The Balaban J connectivity index is 1.59. The molecule has 0 saturated carbocycles. The molecular weight excluding hydrogens is 379 g/mol. The molecule has 0 unspecified atom stereocenters. The molecule has 0 radical (unpaired) electrons. The van der Waals surface area contributed by atoms with Gasteiger partial charge in [0.05, 0.1) is 11.9 Å². The average Bonchev–Trinajstić information content (AvgIpc) is 3.27. The third-order valence-electron chi connectivity index (χ3n) is 5.99. The largest absolute Gasteiger partial charge is 0.383 e. The Bertz CT molecular complexity index is 1230. The van der Waals surface area contributed by atoms with Crippen molar-refractivity contribution in [2.75, 3.05) is 18.8 Å². The molecular formula is C23H23FN6. The van der Waals surface area contributed by atoms with Gasteiger partial charge in [-0.05, 0) is 62.0 Å². The summed E-state index contributed by atoms with van der Waals surface area (Å²) in [5.41, 5.74) is 11.7. The van der Waals surface area contributed by atoms with Crippen LogP contribution in [0.25, 0.3) is 33.2 Å². The molecule has 30 heavy (non-hydrogen) atoms. The van der Waals surface area contributed by atoms with Crippen molar-refractivity contribution in [3.8, 4) is 22.4 Å². The van der Waals surface area contributed by atoms with Crippen LogP contribution in [0.4, 0.5) is 10.2 Å². The van der Waals surface area contributed by atoms with Gasteiger partial charge >= 0.3 is 0 Å².